The van der Waals surface area contributed by atoms with Crippen LogP contribution in [0.3, 0.4) is 0 Å². The number of unbranched alkanes of at least 4 members (excludes halogenated alkanes) is 19. The average molecular weight is 778 g/mol. The van der Waals surface area contributed by atoms with Gasteiger partial charge in [-0.05, 0) is 96.1 Å². The molecule has 1 heterocycles. The molecule has 1 aliphatic rings. The number of ether oxygens (including phenoxy) is 2. The Kier molecular flexibility index (Phi) is 36.2. The highest BCUT2D eigenvalue weighted by molar-refractivity contribution is 5.72. The normalized spacial score (nSPS) is 17.3. The molecule has 0 aliphatic carbocycles. The predicted molar refractivity (Wildman–Crippen MR) is 235 cm³/mol. The van der Waals surface area contributed by atoms with Crippen molar-refractivity contribution in [2.45, 2.75) is 252 Å². The van der Waals surface area contributed by atoms with E-state index in [0.29, 0.717) is 25.2 Å². The first-order valence-electron chi connectivity index (χ1n) is 24.7. The zero-order valence-corrected chi connectivity index (χ0v) is 37.4. The molecule has 0 bridgehead atoms. The monoisotopic (exact) mass is 778 g/mol. The molecule has 0 aromatic carbocycles. The number of carbonyl (C=O) groups excluding carboxylic acids is 2. The van der Waals surface area contributed by atoms with Crippen molar-refractivity contribution in [1.82, 2.24) is 4.90 Å². The first-order valence-corrected chi connectivity index (χ1v) is 24.7. The molecule has 0 aromatic rings. The summed E-state index contributed by atoms with van der Waals surface area (Å²) in [5.74, 6) is 0.974. The van der Waals surface area contributed by atoms with Crippen molar-refractivity contribution < 1.29 is 24.2 Å². The molecule has 0 amide bonds. The van der Waals surface area contributed by atoms with Gasteiger partial charge in [-0.2, -0.15) is 0 Å². The summed E-state index contributed by atoms with van der Waals surface area (Å²) >= 11 is 0. The Hall–Kier alpha value is -1.14. The van der Waals surface area contributed by atoms with E-state index in [2.05, 4.69) is 32.6 Å². The molecule has 1 aliphatic heterocycles. The van der Waals surface area contributed by atoms with Crippen molar-refractivity contribution in [3.8, 4) is 0 Å². The lowest BCUT2D eigenvalue weighted by molar-refractivity contribution is -0.150. The summed E-state index contributed by atoms with van der Waals surface area (Å²) in [6.07, 6.45) is 39.8. The Balaban J connectivity index is 2.50. The third kappa shape index (κ3) is 28.8. The van der Waals surface area contributed by atoms with Crippen LogP contribution in [0.5, 0.6) is 0 Å². The minimum Gasteiger partial charge on any atom is -0.465 e. The summed E-state index contributed by atoms with van der Waals surface area (Å²) in [5, 5.41) is 9.40. The van der Waals surface area contributed by atoms with Gasteiger partial charge in [-0.15, -0.1) is 0 Å². The highest BCUT2D eigenvalue weighted by atomic mass is 16.5. The summed E-state index contributed by atoms with van der Waals surface area (Å²) in [6.45, 7) is 12.6. The third-order valence-electron chi connectivity index (χ3n) is 12.5. The maximum absolute atomic E-state index is 13.2. The van der Waals surface area contributed by atoms with Gasteiger partial charge in [0.15, 0.2) is 0 Å². The molecule has 1 fully saturated rings. The lowest BCUT2D eigenvalue weighted by Gasteiger charge is -2.40. The van der Waals surface area contributed by atoms with Gasteiger partial charge >= 0.3 is 11.9 Å². The van der Waals surface area contributed by atoms with Crippen molar-refractivity contribution in [1.29, 1.82) is 0 Å². The highest BCUT2D eigenvalue weighted by Gasteiger charge is 2.28. The molecule has 55 heavy (non-hydrogen) atoms. The van der Waals surface area contributed by atoms with Gasteiger partial charge in [0.05, 0.1) is 25.0 Å². The smallest absolute Gasteiger partial charge is 0.308 e. The Morgan fingerprint density at radius 1 is 0.527 bits per heavy atom. The maximum Gasteiger partial charge on any atom is 0.308 e. The van der Waals surface area contributed by atoms with Crippen LogP contribution in [-0.2, 0) is 19.1 Å². The lowest BCUT2D eigenvalue weighted by atomic mass is 9.85. The fourth-order valence-electron chi connectivity index (χ4n) is 8.82. The van der Waals surface area contributed by atoms with Crippen molar-refractivity contribution in [2.75, 3.05) is 32.9 Å². The standard InChI is InChI=1S/C49H95NO5/c1-5-9-13-17-19-24-34-45(32-22-15-11-7-3)48(52)54-41-29-21-26-36-47-43-44(37-39-50(47)38-27-28-40-51)31-30-42-55-49(53)46(33-23-16-12-8-4)35-25-20-18-14-10-6-2/h44-47,51H,5-43H2,1-4H3. The zero-order chi connectivity index (χ0) is 40.0. The number of piperidine rings is 1. The molecule has 0 spiro atoms. The van der Waals surface area contributed by atoms with Gasteiger partial charge in [0.2, 0.25) is 0 Å². The Bertz CT molecular complexity index is 851. The second kappa shape index (κ2) is 38.4. The van der Waals surface area contributed by atoms with Gasteiger partial charge in [0.1, 0.15) is 0 Å². The molecular weight excluding hydrogens is 683 g/mol. The number of aliphatic hydroxyl groups excluding tert-OH is 1. The number of rotatable bonds is 40. The molecule has 0 aromatic heterocycles. The SMILES string of the molecule is CCCCCCCCC(CCCCCC)C(=O)OCCCCCC1CC(CCCOC(=O)C(CCCCCC)CCCCCCCC)CCN1CCCCO. The van der Waals surface area contributed by atoms with E-state index in [-0.39, 0.29) is 30.4 Å². The predicted octanol–water partition coefficient (Wildman–Crippen LogP) is 13.9. The Morgan fingerprint density at radius 2 is 0.964 bits per heavy atom. The van der Waals surface area contributed by atoms with Crippen LogP contribution in [0.15, 0.2) is 0 Å². The number of hydrogen-bond donors (Lipinski definition) is 1. The Labute approximate surface area is 342 Å². The van der Waals surface area contributed by atoms with Gasteiger partial charge < -0.3 is 19.5 Å². The molecule has 6 nitrogen and oxygen atoms in total. The van der Waals surface area contributed by atoms with E-state index in [1.165, 1.54) is 128 Å². The van der Waals surface area contributed by atoms with Crippen LogP contribution in [0.4, 0.5) is 0 Å². The second-order valence-electron chi connectivity index (χ2n) is 17.5. The molecule has 1 rings (SSSR count). The van der Waals surface area contributed by atoms with Gasteiger partial charge in [0, 0.05) is 12.6 Å². The average Bonchev–Trinajstić information content (AvgIpc) is 3.19. The molecule has 4 unspecified atom stereocenters. The number of hydrogen-bond acceptors (Lipinski definition) is 6. The van der Waals surface area contributed by atoms with Gasteiger partial charge in [-0.25, -0.2) is 0 Å². The molecule has 4 atom stereocenters. The largest absolute Gasteiger partial charge is 0.465 e. The number of likely N-dealkylation sites (tertiary alicyclic amines) is 1. The first kappa shape index (κ1) is 51.9. The zero-order valence-electron chi connectivity index (χ0n) is 37.4. The van der Waals surface area contributed by atoms with Gasteiger partial charge in [-0.3, -0.25) is 9.59 Å². The van der Waals surface area contributed by atoms with Crippen LogP contribution >= 0.6 is 0 Å². The van der Waals surface area contributed by atoms with E-state index >= 15 is 0 Å². The van der Waals surface area contributed by atoms with Crippen LogP contribution in [0.2, 0.25) is 0 Å². The van der Waals surface area contributed by atoms with Crippen LogP contribution in [0.1, 0.15) is 246 Å². The molecule has 6 heteroatoms. The number of aliphatic hydroxyl groups is 1. The highest BCUT2D eigenvalue weighted by Crippen LogP contribution is 2.30. The minimum absolute atomic E-state index is 0.0567. The van der Waals surface area contributed by atoms with Crippen LogP contribution in [-0.4, -0.2) is 60.9 Å². The van der Waals surface area contributed by atoms with Crippen molar-refractivity contribution in [2.24, 2.45) is 17.8 Å². The van der Waals surface area contributed by atoms with Crippen molar-refractivity contribution in [3.63, 3.8) is 0 Å². The topological polar surface area (TPSA) is 76.1 Å². The fourth-order valence-corrected chi connectivity index (χ4v) is 8.82. The van der Waals surface area contributed by atoms with E-state index in [1.54, 1.807) is 0 Å². The molecule has 1 N–H and O–H groups in total. The van der Waals surface area contributed by atoms with Crippen molar-refractivity contribution in [3.05, 3.63) is 0 Å². The van der Waals surface area contributed by atoms with Crippen molar-refractivity contribution >= 4 is 11.9 Å². The number of nitrogens with zero attached hydrogens (tertiary/aromatic N) is 1. The third-order valence-corrected chi connectivity index (χ3v) is 12.5. The van der Waals surface area contributed by atoms with Gasteiger partial charge in [-0.1, -0.05) is 169 Å². The number of carbonyl (C=O) groups is 2. The number of esters is 2. The van der Waals surface area contributed by atoms with E-state index < -0.39 is 0 Å². The van der Waals surface area contributed by atoms with E-state index in [4.69, 9.17) is 9.47 Å². The van der Waals surface area contributed by atoms with E-state index in [0.717, 1.165) is 103 Å². The van der Waals surface area contributed by atoms with E-state index in [9.17, 15) is 14.7 Å². The summed E-state index contributed by atoms with van der Waals surface area (Å²) in [7, 11) is 0. The summed E-state index contributed by atoms with van der Waals surface area (Å²) in [6, 6.07) is 0.581. The van der Waals surface area contributed by atoms with Gasteiger partial charge in [0.25, 0.3) is 0 Å². The molecular formula is C49H95NO5. The van der Waals surface area contributed by atoms with Crippen LogP contribution < -0.4 is 0 Å². The second-order valence-corrected chi connectivity index (χ2v) is 17.5. The van der Waals surface area contributed by atoms with E-state index in [1.807, 2.05) is 0 Å². The summed E-state index contributed by atoms with van der Waals surface area (Å²) in [5.41, 5.74) is 0. The summed E-state index contributed by atoms with van der Waals surface area (Å²) < 4.78 is 11.8. The first-order chi connectivity index (χ1) is 27.0. The quantitative estimate of drug-likeness (QED) is 0.0493. The van der Waals surface area contributed by atoms with Crippen LogP contribution in [0.25, 0.3) is 0 Å². The minimum atomic E-state index is 0.0567. The maximum atomic E-state index is 13.2. The fraction of sp³-hybridized carbons (Fsp3) is 0.959. The lowest BCUT2D eigenvalue weighted by Crippen LogP contribution is -2.43. The molecule has 1 saturated heterocycles. The summed E-state index contributed by atoms with van der Waals surface area (Å²) in [4.78, 5) is 29.0. The molecule has 0 saturated carbocycles. The Morgan fingerprint density at radius 3 is 1.45 bits per heavy atom. The van der Waals surface area contributed by atoms with Crippen LogP contribution in [0, 0.1) is 17.8 Å². The molecule has 0 radical (unpaired) electrons. The molecule has 326 valence electrons.